The Balaban J connectivity index is 1.84. The quantitative estimate of drug-likeness (QED) is 0.756. The van der Waals surface area contributed by atoms with Crippen molar-refractivity contribution in [2.75, 3.05) is 26.7 Å². The lowest BCUT2D eigenvalue weighted by atomic mass is 9.97. The maximum atomic E-state index is 12.0. The van der Waals surface area contributed by atoms with Crippen molar-refractivity contribution in [1.82, 2.24) is 10.2 Å². The van der Waals surface area contributed by atoms with E-state index in [2.05, 4.69) is 17.1 Å². The number of hydrogen-bond donors (Lipinski definition) is 1. The lowest BCUT2D eigenvalue weighted by Crippen LogP contribution is -2.43. The second-order valence-electron chi connectivity index (χ2n) is 5.17. The minimum absolute atomic E-state index is 0.360. The first-order chi connectivity index (χ1) is 7.22. The second-order valence-corrected chi connectivity index (χ2v) is 5.17. The molecule has 3 unspecified atom stereocenters. The average Bonchev–Trinajstić information content (AvgIpc) is 2.95. The highest BCUT2D eigenvalue weighted by Gasteiger charge is 2.42. The summed E-state index contributed by atoms with van der Waals surface area (Å²) in [5, 5.41) is 3.21. The Labute approximate surface area is 92.2 Å². The van der Waals surface area contributed by atoms with Gasteiger partial charge in [-0.3, -0.25) is 4.79 Å². The maximum Gasteiger partial charge on any atom is 0.225 e. The number of likely N-dealkylation sites (tertiary alicyclic amines) is 1. The third-order valence-corrected chi connectivity index (χ3v) is 3.75. The van der Waals surface area contributed by atoms with Crippen LogP contribution in [-0.2, 0) is 4.79 Å². The number of nitrogens with one attached hydrogen (secondary N) is 1. The molecule has 1 saturated heterocycles. The van der Waals surface area contributed by atoms with Crippen molar-refractivity contribution >= 4 is 5.91 Å². The van der Waals surface area contributed by atoms with E-state index >= 15 is 0 Å². The van der Waals surface area contributed by atoms with Crippen molar-refractivity contribution in [1.29, 1.82) is 0 Å². The molecule has 2 aliphatic rings. The zero-order valence-corrected chi connectivity index (χ0v) is 9.83. The molecule has 0 bridgehead atoms. The largest absolute Gasteiger partial charge is 0.342 e. The molecule has 3 atom stereocenters. The first kappa shape index (κ1) is 10.9. The molecule has 0 radical (unpaired) electrons. The van der Waals surface area contributed by atoms with Gasteiger partial charge in [0.25, 0.3) is 0 Å². The van der Waals surface area contributed by atoms with Crippen molar-refractivity contribution in [3.8, 4) is 0 Å². The van der Waals surface area contributed by atoms with E-state index in [9.17, 15) is 4.79 Å². The molecule has 3 nitrogen and oxygen atoms in total. The van der Waals surface area contributed by atoms with Gasteiger partial charge in [0.15, 0.2) is 0 Å². The van der Waals surface area contributed by atoms with E-state index in [4.69, 9.17) is 0 Å². The minimum atomic E-state index is 0.360. The SMILES string of the molecule is CNCC1CCCN(C(=O)C2CC2C)C1. The molecule has 1 saturated carbocycles. The standard InChI is InChI=1S/C12H22N2O/c1-9-6-11(9)12(15)14-5-3-4-10(8-14)7-13-2/h9-11,13H,3-8H2,1-2H3. The van der Waals surface area contributed by atoms with Gasteiger partial charge in [0, 0.05) is 19.0 Å². The van der Waals surface area contributed by atoms with Crippen molar-refractivity contribution in [3.05, 3.63) is 0 Å². The van der Waals surface area contributed by atoms with Gasteiger partial charge in [-0.25, -0.2) is 0 Å². The van der Waals surface area contributed by atoms with Gasteiger partial charge in [0.05, 0.1) is 0 Å². The smallest absolute Gasteiger partial charge is 0.225 e. The van der Waals surface area contributed by atoms with Crippen LogP contribution in [-0.4, -0.2) is 37.5 Å². The summed E-state index contributed by atoms with van der Waals surface area (Å²) >= 11 is 0. The first-order valence-electron chi connectivity index (χ1n) is 6.15. The zero-order valence-electron chi connectivity index (χ0n) is 9.83. The van der Waals surface area contributed by atoms with Crippen molar-refractivity contribution in [3.63, 3.8) is 0 Å². The highest BCUT2D eigenvalue weighted by atomic mass is 16.2. The molecule has 1 heterocycles. The third kappa shape index (κ3) is 2.51. The Hall–Kier alpha value is -0.570. The van der Waals surface area contributed by atoms with Gasteiger partial charge in [0.1, 0.15) is 0 Å². The monoisotopic (exact) mass is 210 g/mol. The first-order valence-corrected chi connectivity index (χ1v) is 6.15. The fourth-order valence-electron chi connectivity index (χ4n) is 2.62. The van der Waals surface area contributed by atoms with E-state index in [1.54, 1.807) is 0 Å². The van der Waals surface area contributed by atoms with Gasteiger partial charge in [-0.15, -0.1) is 0 Å². The van der Waals surface area contributed by atoms with Crippen LogP contribution in [0.3, 0.4) is 0 Å². The number of piperidine rings is 1. The number of rotatable bonds is 3. The molecule has 86 valence electrons. The molecule has 1 amide bonds. The van der Waals surface area contributed by atoms with Crippen molar-refractivity contribution < 1.29 is 4.79 Å². The van der Waals surface area contributed by atoms with Crippen LogP contribution in [0, 0.1) is 17.8 Å². The second kappa shape index (κ2) is 4.52. The maximum absolute atomic E-state index is 12.0. The van der Waals surface area contributed by atoms with Gasteiger partial charge in [-0.1, -0.05) is 6.92 Å². The zero-order chi connectivity index (χ0) is 10.8. The summed E-state index contributed by atoms with van der Waals surface area (Å²) in [7, 11) is 1.99. The molecular formula is C12H22N2O. The summed E-state index contributed by atoms with van der Waals surface area (Å²) in [5.74, 6) is 2.09. The fraction of sp³-hybridized carbons (Fsp3) is 0.917. The van der Waals surface area contributed by atoms with E-state index in [0.29, 0.717) is 23.7 Å². The van der Waals surface area contributed by atoms with E-state index in [0.717, 1.165) is 26.1 Å². The molecule has 0 aromatic heterocycles. The molecule has 15 heavy (non-hydrogen) atoms. The van der Waals surface area contributed by atoms with E-state index in [1.165, 1.54) is 12.8 Å². The number of carbonyl (C=O) groups excluding carboxylic acids is 1. The Kier molecular flexibility index (Phi) is 3.29. The third-order valence-electron chi connectivity index (χ3n) is 3.75. The normalized spacial score (nSPS) is 35.3. The molecule has 1 aliphatic heterocycles. The van der Waals surface area contributed by atoms with Crippen LogP contribution in [0.1, 0.15) is 26.2 Å². The molecule has 0 spiro atoms. The fourth-order valence-corrected chi connectivity index (χ4v) is 2.62. The molecular weight excluding hydrogens is 188 g/mol. The summed E-state index contributed by atoms with van der Waals surface area (Å²) in [6.07, 6.45) is 3.57. The van der Waals surface area contributed by atoms with Crippen molar-refractivity contribution in [2.24, 2.45) is 17.8 Å². The van der Waals surface area contributed by atoms with E-state index < -0.39 is 0 Å². The number of amides is 1. The molecule has 3 heteroatoms. The van der Waals surface area contributed by atoms with Crippen LogP contribution in [0.2, 0.25) is 0 Å². The highest BCUT2D eigenvalue weighted by Crippen LogP contribution is 2.39. The van der Waals surface area contributed by atoms with E-state index in [1.807, 2.05) is 7.05 Å². The predicted octanol–water partition coefficient (Wildman–Crippen LogP) is 1.10. The summed E-state index contributed by atoms with van der Waals surface area (Å²) in [5.41, 5.74) is 0. The summed E-state index contributed by atoms with van der Waals surface area (Å²) in [4.78, 5) is 14.1. The molecule has 2 rings (SSSR count). The Bertz CT molecular complexity index is 240. The van der Waals surface area contributed by atoms with Crippen molar-refractivity contribution in [2.45, 2.75) is 26.2 Å². The lowest BCUT2D eigenvalue weighted by molar-refractivity contribution is -0.134. The van der Waals surface area contributed by atoms with Gasteiger partial charge in [0.2, 0.25) is 5.91 Å². The Morgan fingerprint density at radius 2 is 2.27 bits per heavy atom. The van der Waals surface area contributed by atoms with Gasteiger partial charge in [-0.2, -0.15) is 0 Å². The van der Waals surface area contributed by atoms with Crippen LogP contribution < -0.4 is 5.32 Å². The van der Waals surface area contributed by atoms with E-state index in [-0.39, 0.29) is 0 Å². The number of carbonyl (C=O) groups is 1. The summed E-state index contributed by atoms with van der Waals surface area (Å²) < 4.78 is 0. The molecule has 0 aromatic carbocycles. The Morgan fingerprint density at radius 3 is 2.87 bits per heavy atom. The van der Waals surface area contributed by atoms with Gasteiger partial charge in [-0.05, 0) is 44.7 Å². The van der Waals surface area contributed by atoms with Gasteiger partial charge >= 0.3 is 0 Å². The minimum Gasteiger partial charge on any atom is -0.342 e. The predicted molar refractivity (Wildman–Crippen MR) is 60.5 cm³/mol. The van der Waals surface area contributed by atoms with Crippen LogP contribution in [0.15, 0.2) is 0 Å². The molecule has 0 aromatic rings. The Morgan fingerprint density at radius 1 is 1.53 bits per heavy atom. The molecule has 2 fully saturated rings. The highest BCUT2D eigenvalue weighted by molar-refractivity contribution is 5.81. The topological polar surface area (TPSA) is 32.3 Å². The van der Waals surface area contributed by atoms with Crippen LogP contribution in [0.25, 0.3) is 0 Å². The average molecular weight is 210 g/mol. The summed E-state index contributed by atoms with van der Waals surface area (Å²) in [6, 6.07) is 0. The number of hydrogen-bond acceptors (Lipinski definition) is 2. The molecule has 1 aliphatic carbocycles. The van der Waals surface area contributed by atoms with Crippen LogP contribution in [0.5, 0.6) is 0 Å². The van der Waals surface area contributed by atoms with Gasteiger partial charge < -0.3 is 10.2 Å². The van der Waals surface area contributed by atoms with Crippen LogP contribution in [0.4, 0.5) is 0 Å². The summed E-state index contributed by atoms with van der Waals surface area (Å²) in [6.45, 7) is 5.19. The number of nitrogens with zero attached hydrogens (tertiary/aromatic N) is 1. The van der Waals surface area contributed by atoms with Crippen LogP contribution >= 0.6 is 0 Å². The lowest BCUT2D eigenvalue weighted by Gasteiger charge is -2.33. The molecule has 1 N–H and O–H groups in total.